The fourth-order valence-electron chi connectivity index (χ4n) is 3.33. The Kier molecular flexibility index (Phi) is 3.90. The summed E-state index contributed by atoms with van der Waals surface area (Å²) < 4.78 is 29.2. The first-order valence-electron chi connectivity index (χ1n) is 8.87. The van der Waals surface area contributed by atoms with E-state index in [0.717, 1.165) is 6.34 Å². The first-order chi connectivity index (χ1) is 14.4. The second-order valence-electron chi connectivity index (χ2n) is 6.60. The zero-order valence-electron chi connectivity index (χ0n) is 15.4. The molecule has 30 heavy (non-hydrogen) atoms. The van der Waals surface area contributed by atoms with Crippen molar-refractivity contribution >= 4 is 39.0 Å². The second-order valence-corrected chi connectivity index (χ2v) is 8.20. The molecule has 3 heterocycles. The van der Waals surface area contributed by atoms with Crippen LogP contribution < -0.4 is 16.6 Å². The third-order valence-corrected chi connectivity index (χ3v) is 6.02. The molecular weight excluding hydrogens is 404 g/mol. The maximum atomic E-state index is 13.2. The van der Waals surface area contributed by atoms with Gasteiger partial charge in [-0.05, 0) is 35.9 Å². The number of fused-ring (bicyclic) bond motifs is 2. The highest BCUT2D eigenvalue weighted by atomic mass is 32.2. The van der Waals surface area contributed by atoms with Gasteiger partial charge in [-0.1, -0.05) is 24.3 Å². The molecule has 2 aromatic carbocycles. The number of hydrogen-bond acceptors (Lipinski definition) is 7. The average Bonchev–Trinajstić information content (AvgIpc) is 2.74. The van der Waals surface area contributed by atoms with E-state index < -0.39 is 10.0 Å². The van der Waals surface area contributed by atoms with Gasteiger partial charge in [-0.3, -0.25) is 4.79 Å². The number of nitrogen functional groups attached to an aromatic ring is 1. The standard InChI is InChI=1S/C20H14N6O3S/c21-20-25-16-7-6-12(8-15(16)19(27)26(20)14-4-2-1-3-5-14)13-9-17-18(22-10-13)23-11-24-30(17,28)29/h1-11H,(H2,21,25)(H,22,23,24). The summed E-state index contributed by atoms with van der Waals surface area (Å²) in [5.74, 6) is 0.285. The molecule has 0 saturated carbocycles. The van der Waals surface area contributed by atoms with Gasteiger partial charge in [0.1, 0.15) is 11.2 Å². The molecule has 0 amide bonds. The summed E-state index contributed by atoms with van der Waals surface area (Å²) in [6.07, 6.45) is 2.62. The van der Waals surface area contributed by atoms with Crippen molar-refractivity contribution in [1.29, 1.82) is 0 Å². The Hall–Kier alpha value is -4.05. The van der Waals surface area contributed by atoms with Crippen molar-refractivity contribution in [1.82, 2.24) is 14.5 Å². The van der Waals surface area contributed by atoms with Gasteiger partial charge in [-0.2, -0.15) is 8.42 Å². The Morgan fingerprint density at radius 1 is 1.00 bits per heavy atom. The number of para-hydroxylation sites is 1. The molecule has 1 aliphatic heterocycles. The van der Waals surface area contributed by atoms with Gasteiger partial charge in [-0.25, -0.2) is 14.5 Å². The van der Waals surface area contributed by atoms with Gasteiger partial charge in [0, 0.05) is 11.8 Å². The lowest BCUT2D eigenvalue weighted by molar-refractivity contribution is 0.597. The molecule has 2 aromatic heterocycles. The first kappa shape index (κ1) is 18.0. The number of sulfonamides is 1. The molecule has 0 atom stereocenters. The molecule has 9 nitrogen and oxygen atoms in total. The van der Waals surface area contributed by atoms with Crippen molar-refractivity contribution in [2.45, 2.75) is 4.90 Å². The normalized spacial score (nSPS) is 14.3. The highest BCUT2D eigenvalue weighted by molar-refractivity contribution is 7.90. The maximum Gasteiger partial charge on any atom is 0.287 e. The number of nitrogens with zero attached hydrogens (tertiary/aromatic N) is 4. The molecule has 0 saturated heterocycles. The molecule has 0 radical (unpaired) electrons. The minimum absolute atomic E-state index is 0.0280. The summed E-state index contributed by atoms with van der Waals surface area (Å²) >= 11 is 0. The lowest BCUT2D eigenvalue weighted by Crippen LogP contribution is -2.23. The molecule has 0 bridgehead atoms. The van der Waals surface area contributed by atoms with Crippen LogP contribution in [-0.2, 0) is 10.0 Å². The molecule has 3 N–H and O–H groups in total. The minimum Gasteiger partial charge on any atom is -0.369 e. The van der Waals surface area contributed by atoms with E-state index in [1.165, 1.54) is 16.8 Å². The average molecular weight is 418 g/mol. The van der Waals surface area contributed by atoms with Gasteiger partial charge in [-0.15, -0.1) is 4.40 Å². The molecule has 0 aliphatic carbocycles. The van der Waals surface area contributed by atoms with Crippen LogP contribution in [0.3, 0.4) is 0 Å². The monoisotopic (exact) mass is 418 g/mol. The number of anilines is 2. The third-order valence-electron chi connectivity index (χ3n) is 4.77. The van der Waals surface area contributed by atoms with Crippen LogP contribution in [0.15, 0.2) is 74.9 Å². The van der Waals surface area contributed by atoms with Gasteiger partial charge in [0.25, 0.3) is 15.6 Å². The highest BCUT2D eigenvalue weighted by Gasteiger charge is 2.23. The largest absolute Gasteiger partial charge is 0.369 e. The Morgan fingerprint density at radius 2 is 1.80 bits per heavy atom. The van der Waals surface area contributed by atoms with E-state index in [-0.39, 0.29) is 22.2 Å². The molecule has 5 rings (SSSR count). The van der Waals surface area contributed by atoms with E-state index in [1.807, 2.05) is 6.07 Å². The van der Waals surface area contributed by atoms with Crippen molar-refractivity contribution in [3.63, 3.8) is 0 Å². The van der Waals surface area contributed by atoms with Crippen LogP contribution in [0, 0.1) is 0 Å². The quantitative estimate of drug-likeness (QED) is 0.510. The van der Waals surface area contributed by atoms with Crippen LogP contribution in [0.2, 0.25) is 0 Å². The van der Waals surface area contributed by atoms with Crippen molar-refractivity contribution in [3.8, 4) is 16.8 Å². The van der Waals surface area contributed by atoms with Crippen LogP contribution >= 0.6 is 0 Å². The van der Waals surface area contributed by atoms with Gasteiger partial charge in [0.2, 0.25) is 5.95 Å². The number of nitrogens with one attached hydrogen (secondary N) is 1. The fraction of sp³-hybridized carbons (Fsp3) is 0. The van der Waals surface area contributed by atoms with Crippen molar-refractivity contribution < 1.29 is 8.42 Å². The van der Waals surface area contributed by atoms with Crippen molar-refractivity contribution in [3.05, 3.63) is 71.1 Å². The number of rotatable bonds is 2. The van der Waals surface area contributed by atoms with Crippen LogP contribution in [-0.4, -0.2) is 29.3 Å². The molecule has 4 aromatic rings. The van der Waals surface area contributed by atoms with E-state index in [2.05, 4.69) is 19.7 Å². The first-order valence-corrected chi connectivity index (χ1v) is 10.3. The predicted octanol–water partition coefficient (Wildman–Crippen LogP) is 2.17. The van der Waals surface area contributed by atoms with Gasteiger partial charge >= 0.3 is 0 Å². The summed E-state index contributed by atoms with van der Waals surface area (Å²) in [5, 5.41) is 3.06. The van der Waals surface area contributed by atoms with E-state index >= 15 is 0 Å². The Morgan fingerprint density at radius 3 is 2.60 bits per heavy atom. The molecule has 10 heteroatoms. The molecule has 0 fully saturated rings. The number of hydrogen-bond donors (Lipinski definition) is 2. The Bertz CT molecular complexity index is 1510. The fourth-order valence-corrected chi connectivity index (χ4v) is 4.27. The smallest absolute Gasteiger partial charge is 0.287 e. The van der Waals surface area contributed by atoms with Gasteiger partial charge in [0.05, 0.1) is 16.6 Å². The minimum atomic E-state index is -3.82. The number of benzene rings is 2. The summed E-state index contributed by atoms with van der Waals surface area (Å²) in [7, 11) is -3.82. The van der Waals surface area contributed by atoms with E-state index in [0.29, 0.717) is 27.7 Å². The van der Waals surface area contributed by atoms with E-state index in [4.69, 9.17) is 5.73 Å². The number of nitrogens with two attached hydrogens (primary N) is 1. The van der Waals surface area contributed by atoms with Gasteiger partial charge < -0.3 is 11.1 Å². The number of pyridine rings is 1. The molecular formula is C20H14N6O3S. The van der Waals surface area contributed by atoms with Crippen LogP contribution in [0.1, 0.15) is 0 Å². The molecule has 148 valence electrons. The van der Waals surface area contributed by atoms with E-state index in [1.54, 1.807) is 42.5 Å². The Balaban J connectivity index is 1.71. The zero-order valence-corrected chi connectivity index (χ0v) is 16.2. The predicted molar refractivity (Wildman–Crippen MR) is 114 cm³/mol. The molecule has 1 aliphatic rings. The zero-order chi connectivity index (χ0) is 20.9. The summed E-state index contributed by atoms with van der Waals surface area (Å²) in [5.41, 5.74) is 7.90. The maximum absolute atomic E-state index is 13.2. The summed E-state index contributed by atoms with van der Waals surface area (Å²) in [6, 6.07) is 15.5. The molecule has 0 spiro atoms. The Labute approximate surface area is 170 Å². The number of aromatic nitrogens is 3. The van der Waals surface area contributed by atoms with Crippen molar-refractivity contribution in [2.75, 3.05) is 11.1 Å². The summed E-state index contributed by atoms with van der Waals surface area (Å²) in [6.45, 7) is 0. The van der Waals surface area contributed by atoms with E-state index in [9.17, 15) is 13.2 Å². The van der Waals surface area contributed by atoms with Crippen LogP contribution in [0.25, 0.3) is 27.7 Å². The highest BCUT2D eigenvalue weighted by Crippen LogP contribution is 2.30. The van der Waals surface area contributed by atoms with Crippen molar-refractivity contribution in [2.24, 2.45) is 4.40 Å². The summed E-state index contributed by atoms with van der Waals surface area (Å²) in [4.78, 5) is 21.7. The third kappa shape index (κ3) is 2.81. The second kappa shape index (κ2) is 6.49. The lowest BCUT2D eigenvalue weighted by atomic mass is 10.1. The van der Waals surface area contributed by atoms with Gasteiger partial charge in [0.15, 0.2) is 5.82 Å². The molecule has 0 unspecified atom stereocenters. The SMILES string of the molecule is Nc1nc2ccc(-c3cnc4c(c3)S(=O)(=O)N=CN4)cc2c(=O)n1-c1ccccc1. The van der Waals surface area contributed by atoms with Crippen LogP contribution in [0.5, 0.6) is 0 Å². The topological polar surface area (TPSA) is 132 Å². The van der Waals surface area contributed by atoms with Crippen LogP contribution in [0.4, 0.5) is 11.8 Å². The lowest BCUT2D eigenvalue weighted by Gasteiger charge is -2.13.